The highest BCUT2D eigenvalue weighted by molar-refractivity contribution is 6.67. The Balaban J connectivity index is 2.44. The van der Waals surface area contributed by atoms with Crippen molar-refractivity contribution in [1.29, 1.82) is 0 Å². The number of nitrogens with zero attached hydrogens (tertiary/aromatic N) is 1. The van der Waals surface area contributed by atoms with Gasteiger partial charge in [-0.1, -0.05) is 53.0 Å². The van der Waals surface area contributed by atoms with Crippen LogP contribution in [0.4, 0.5) is 4.39 Å². The van der Waals surface area contributed by atoms with Gasteiger partial charge in [-0.15, -0.1) is 0 Å². The second-order valence-electron chi connectivity index (χ2n) is 4.43. The van der Waals surface area contributed by atoms with Crippen LogP contribution in [0.5, 0.6) is 0 Å². The molecule has 6 nitrogen and oxygen atoms in total. The number of hydrogen-bond acceptors (Lipinski definition) is 3. The standard InChI is InChI=1S/C13H9Cl3FN3O3/c14-13(15,16)11(18-9(21)7-4-2-1-3-5-7)20-6-8(17)10(22)19-12(20)23/h1-6,11H,(H,18,21)(H,19,22,23)/t11-/m1/s1. The molecule has 2 N–H and O–H groups in total. The van der Waals surface area contributed by atoms with Gasteiger partial charge in [0.05, 0.1) is 6.20 Å². The van der Waals surface area contributed by atoms with Crippen molar-refractivity contribution in [2.75, 3.05) is 0 Å². The molecule has 0 saturated carbocycles. The molecule has 0 radical (unpaired) electrons. The van der Waals surface area contributed by atoms with E-state index < -0.39 is 32.9 Å². The fourth-order valence-electron chi connectivity index (χ4n) is 1.76. The van der Waals surface area contributed by atoms with Crippen molar-refractivity contribution in [1.82, 2.24) is 14.9 Å². The van der Waals surface area contributed by atoms with Gasteiger partial charge in [0.15, 0.2) is 6.17 Å². The first-order valence-electron chi connectivity index (χ1n) is 6.14. The molecule has 23 heavy (non-hydrogen) atoms. The zero-order chi connectivity index (χ0) is 17.2. The van der Waals surface area contributed by atoms with E-state index in [-0.39, 0.29) is 5.56 Å². The molecule has 1 aromatic carbocycles. The molecule has 0 aliphatic heterocycles. The Bertz CT molecular complexity index is 830. The lowest BCUT2D eigenvalue weighted by molar-refractivity contribution is 0.0918. The van der Waals surface area contributed by atoms with E-state index in [4.69, 9.17) is 34.8 Å². The third-order valence-electron chi connectivity index (χ3n) is 2.82. The van der Waals surface area contributed by atoms with Gasteiger partial charge in [-0.05, 0) is 12.1 Å². The zero-order valence-corrected chi connectivity index (χ0v) is 13.5. The normalized spacial score (nSPS) is 12.7. The molecule has 0 aliphatic rings. The third kappa shape index (κ3) is 4.13. The summed E-state index contributed by atoms with van der Waals surface area (Å²) >= 11 is 17.3. The van der Waals surface area contributed by atoms with Crippen LogP contribution in [0.15, 0.2) is 46.1 Å². The Morgan fingerprint density at radius 1 is 1.22 bits per heavy atom. The molecular formula is C13H9Cl3FN3O3. The topological polar surface area (TPSA) is 84.0 Å². The first kappa shape index (κ1) is 17.5. The van der Waals surface area contributed by atoms with E-state index in [1.807, 2.05) is 0 Å². The second-order valence-corrected chi connectivity index (χ2v) is 6.80. The lowest BCUT2D eigenvalue weighted by atomic mass is 10.2. The summed E-state index contributed by atoms with van der Waals surface area (Å²) < 4.78 is 11.8. The van der Waals surface area contributed by atoms with Gasteiger partial charge >= 0.3 is 5.69 Å². The van der Waals surface area contributed by atoms with Gasteiger partial charge in [0.25, 0.3) is 11.5 Å². The molecule has 122 valence electrons. The van der Waals surface area contributed by atoms with Crippen LogP contribution in [0, 0.1) is 5.82 Å². The van der Waals surface area contributed by atoms with Crippen LogP contribution in [0.1, 0.15) is 16.5 Å². The van der Waals surface area contributed by atoms with E-state index in [0.29, 0.717) is 10.8 Å². The number of hydrogen-bond donors (Lipinski definition) is 2. The van der Waals surface area contributed by atoms with Gasteiger partial charge in [-0.25, -0.2) is 4.79 Å². The maximum absolute atomic E-state index is 13.4. The van der Waals surface area contributed by atoms with E-state index in [2.05, 4.69) is 5.32 Å². The van der Waals surface area contributed by atoms with Crippen LogP contribution < -0.4 is 16.6 Å². The number of benzene rings is 1. The highest BCUT2D eigenvalue weighted by atomic mass is 35.6. The molecule has 2 rings (SSSR count). The summed E-state index contributed by atoms with van der Waals surface area (Å²) in [6.07, 6.45) is -0.988. The summed E-state index contributed by atoms with van der Waals surface area (Å²) in [5.41, 5.74) is -2.02. The van der Waals surface area contributed by atoms with Gasteiger partial charge < -0.3 is 5.32 Å². The molecule has 0 fully saturated rings. The minimum atomic E-state index is -2.18. The number of nitrogens with one attached hydrogen (secondary N) is 2. The number of carbonyl (C=O) groups excluding carboxylic acids is 1. The Morgan fingerprint density at radius 2 is 1.83 bits per heavy atom. The number of rotatable bonds is 3. The van der Waals surface area contributed by atoms with Gasteiger partial charge in [0, 0.05) is 5.56 Å². The lowest BCUT2D eigenvalue weighted by Crippen LogP contribution is -2.46. The smallest absolute Gasteiger partial charge is 0.328 e. The average molecular weight is 381 g/mol. The number of aromatic amines is 1. The van der Waals surface area contributed by atoms with Crippen molar-refractivity contribution in [2.24, 2.45) is 0 Å². The number of halogens is 4. The minimum absolute atomic E-state index is 0.240. The molecule has 2 aromatic rings. The highest BCUT2D eigenvalue weighted by Crippen LogP contribution is 2.36. The van der Waals surface area contributed by atoms with Crippen LogP contribution in [0.25, 0.3) is 0 Å². The number of H-pyrrole nitrogens is 1. The van der Waals surface area contributed by atoms with E-state index in [1.165, 1.54) is 12.1 Å². The van der Waals surface area contributed by atoms with Crippen LogP contribution in [-0.4, -0.2) is 19.3 Å². The molecular weight excluding hydrogens is 372 g/mol. The first-order valence-corrected chi connectivity index (χ1v) is 7.27. The SMILES string of the molecule is O=C(N[C@H](n1cc(F)c(=O)[nH]c1=O)C(Cl)(Cl)Cl)c1ccccc1. The average Bonchev–Trinajstić information content (AvgIpc) is 2.48. The number of amides is 1. The lowest BCUT2D eigenvalue weighted by Gasteiger charge is -2.27. The van der Waals surface area contributed by atoms with Crippen LogP contribution in [-0.2, 0) is 0 Å². The Hall–Kier alpha value is -1.83. The first-order chi connectivity index (χ1) is 10.7. The molecule has 1 aromatic heterocycles. The molecule has 1 atom stereocenters. The largest absolute Gasteiger partial charge is 0.330 e. The molecule has 1 amide bonds. The predicted octanol–water partition coefficient (Wildman–Crippen LogP) is 1.97. The van der Waals surface area contributed by atoms with E-state index in [9.17, 15) is 18.8 Å². The Kier molecular flexibility index (Phi) is 5.13. The van der Waals surface area contributed by atoms with Crippen molar-refractivity contribution in [3.63, 3.8) is 0 Å². The fourth-order valence-corrected chi connectivity index (χ4v) is 2.24. The minimum Gasteiger partial charge on any atom is -0.328 e. The van der Waals surface area contributed by atoms with E-state index in [1.54, 1.807) is 23.2 Å². The summed E-state index contributed by atoms with van der Waals surface area (Å²) in [6, 6.07) is 7.93. The third-order valence-corrected chi connectivity index (χ3v) is 3.44. The number of alkyl halides is 3. The van der Waals surface area contributed by atoms with E-state index in [0.717, 1.165) is 0 Å². The van der Waals surface area contributed by atoms with Crippen LogP contribution >= 0.6 is 34.8 Å². The summed E-state index contributed by atoms with van der Waals surface area (Å²) in [5.74, 6) is -1.92. The predicted molar refractivity (Wildman–Crippen MR) is 84.5 cm³/mol. The fraction of sp³-hybridized carbons (Fsp3) is 0.154. The van der Waals surface area contributed by atoms with Crippen LogP contribution in [0.2, 0.25) is 0 Å². The summed E-state index contributed by atoms with van der Waals surface area (Å²) in [5, 5.41) is 2.32. The molecule has 0 bridgehead atoms. The summed E-state index contributed by atoms with van der Waals surface area (Å²) in [6.45, 7) is 0. The van der Waals surface area contributed by atoms with Crippen molar-refractivity contribution in [3.8, 4) is 0 Å². The summed E-state index contributed by atoms with van der Waals surface area (Å²) in [4.78, 5) is 36.8. The quantitative estimate of drug-likeness (QED) is 0.799. The maximum atomic E-state index is 13.4. The van der Waals surface area contributed by atoms with Crippen molar-refractivity contribution in [3.05, 3.63) is 68.7 Å². The van der Waals surface area contributed by atoms with Gasteiger partial charge in [-0.2, -0.15) is 4.39 Å². The number of carbonyl (C=O) groups is 1. The second kappa shape index (κ2) is 6.74. The molecule has 10 heteroatoms. The van der Waals surface area contributed by atoms with Gasteiger partial charge in [0.1, 0.15) is 0 Å². The Morgan fingerprint density at radius 3 is 2.39 bits per heavy atom. The molecule has 1 heterocycles. The van der Waals surface area contributed by atoms with Crippen molar-refractivity contribution < 1.29 is 9.18 Å². The Labute approximate surface area is 143 Å². The van der Waals surface area contributed by atoms with Crippen LogP contribution in [0.3, 0.4) is 0 Å². The monoisotopic (exact) mass is 379 g/mol. The zero-order valence-electron chi connectivity index (χ0n) is 11.2. The summed E-state index contributed by atoms with van der Waals surface area (Å²) in [7, 11) is 0. The van der Waals surface area contributed by atoms with Gasteiger partial charge in [-0.3, -0.25) is 19.1 Å². The van der Waals surface area contributed by atoms with E-state index >= 15 is 0 Å². The molecule has 0 saturated heterocycles. The molecule has 0 aliphatic carbocycles. The maximum Gasteiger partial charge on any atom is 0.330 e. The molecule has 0 unspecified atom stereocenters. The van der Waals surface area contributed by atoms with Crippen molar-refractivity contribution >= 4 is 40.7 Å². The van der Waals surface area contributed by atoms with Gasteiger partial charge in [0.2, 0.25) is 9.61 Å². The number of aromatic nitrogens is 2. The highest BCUT2D eigenvalue weighted by Gasteiger charge is 2.36. The molecule has 0 spiro atoms. The van der Waals surface area contributed by atoms with Crippen molar-refractivity contribution in [2.45, 2.75) is 9.96 Å².